The lowest BCUT2D eigenvalue weighted by atomic mass is 10.00. The molecule has 1 heterocycles. The highest BCUT2D eigenvalue weighted by Crippen LogP contribution is 2.26. The van der Waals surface area contributed by atoms with Crippen LogP contribution in [0, 0.1) is 5.82 Å². The average molecular weight is 348 g/mol. The molecule has 0 radical (unpaired) electrons. The highest BCUT2D eigenvalue weighted by Gasteiger charge is 2.29. The zero-order valence-electron chi connectivity index (χ0n) is 9.54. The van der Waals surface area contributed by atoms with E-state index in [1.54, 1.807) is 11.0 Å². The van der Waals surface area contributed by atoms with Gasteiger partial charge < -0.3 is 4.90 Å². The monoisotopic (exact) mass is 348 g/mol. The maximum atomic E-state index is 13.2. The second kappa shape index (κ2) is 5.30. The molecule has 2 rings (SSSR count). The third kappa shape index (κ3) is 2.44. The van der Waals surface area contributed by atoms with Crippen molar-refractivity contribution < 1.29 is 9.18 Å². The fourth-order valence-corrected chi connectivity index (χ4v) is 2.77. The Bertz CT molecular complexity index is 439. The molecule has 0 fully saturated rings. The molecule has 0 saturated heterocycles. The molecule has 0 unspecified atom stereocenters. The van der Waals surface area contributed by atoms with Crippen LogP contribution in [0.25, 0.3) is 0 Å². The number of carbonyl (C=O) groups is 1. The Morgan fingerprint density at radius 2 is 2.35 bits per heavy atom. The minimum Gasteiger partial charge on any atom is -0.341 e. The van der Waals surface area contributed by atoms with Crippen molar-refractivity contribution in [3.8, 4) is 0 Å². The average Bonchev–Trinajstić information content (AvgIpc) is 2.45. The van der Waals surface area contributed by atoms with Crippen LogP contribution < -0.4 is 3.53 Å². The Hall–Kier alpha value is -0.690. The van der Waals surface area contributed by atoms with Crippen molar-refractivity contribution in [1.29, 1.82) is 0 Å². The summed E-state index contributed by atoms with van der Waals surface area (Å²) in [5, 5.41) is 0. The predicted octanol–water partition coefficient (Wildman–Crippen LogP) is 2.21. The Morgan fingerprint density at radius 3 is 3.00 bits per heavy atom. The van der Waals surface area contributed by atoms with Crippen molar-refractivity contribution in [1.82, 2.24) is 8.43 Å². The molecule has 3 nitrogen and oxygen atoms in total. The number of likely N-dealkylation sites (N-methyl/N-ethyl adjacent to an activating group) is 1. The van der Waals surface area contributed by atoms with Gasteiger partial charge in [0.25, 0.3) is 0 Å². The summed E-state index contributed by atoms with van der Waals surface area (Å²) in [5.41, 5.74) is 1.81. The maximum absolute atomic E-state index is 13.2. The summed E-state index contributed by atoms with van der Waals surface area (Å²) in [7, 11) is 0. The largest absolute Gasteiger partial charge is 0.341 e. The number of halogens is 2. The van der Waals surface area contributed by atoms with Gasteiger partial charge in [-0.3, -0.25) is 4.79 Å². The van der Waals surface area contributed by atoms with E-state index < -0.39 is 0 Å². The molecule has 5 heteroatoms. The van der Waals surface area contributed by atoms with Crippen molar-refractivity contribution in [2.75, 3.05) is 13.1 Å². The SMILES string of the molecule is CCN1CCc2cc(F)ccc2[C@H](NI)C1=O. The van der Waals surface area contributed by atoms with Crippen LogP contribution in [0.3, 0.4) is 0 Å². The summed E-state index contributed by atoms with van der Waals surface area (Å²) >= 11 is 1.98. The first kappa shape index (κ1) is 12.8. The van der Waals surface area contributed by atoms with Gasteiger partial charge in [-0.15, -0.1) is 0 Å². The van der Waals surface area contributed by atoms with Gasteiger partial charge in [-0.1, -0.05) is 6.07 Å². The van der Waals surface area contributed by atoms with E-state index in [-0.39, 0.29) is 17.8 Å². The molecule has 0 aromatic heterocycles. The molecule has 1 aliphatic rings. The normalized spacial score (nSPS) is 20.1. The fraction of sp³-hybridized carbons (Fsp3) is 0.417. The third-order valence-electron chi connectivity index (χ3n) is 3.12. The summed E-state index contributed by atoms with van der Waals surface area (Å²) in [6.45, 7) is 3.30. The van der Waals surface area contributed by atoms with Crippen LogP contribution in [0.15, 0.2) is 18.2 Å². The minimum atomic E-state index is -0.367. The highest BCUT2D eigenvalue weighted by atomic mass is 127. The molecule has 1 aliphatic heterocycles. The molecule has 0 aliphatic carbocycles. The van der Waals surface area contributed by atoms with Gasteiger partial charge in [0.05, 0.1) is 0 Å². The molecule has 1 N–H and O–H groups in total. The van der Waals surface area contributed by atoms with Crippen LogP contribution in [-0.4, -0.2) is 23.9 Å². The lowest BCUT2D eigenvalue weighted by Crippen LogP contribution is -2.37. The number of rotatable bonds is 2. The quantitative estimate of drug-likeness (QED) is 0.657. The molecule has 1 aromatic carbocycles. The number of hydrogen-bond donors (Lipinski definition) is 1. The van der Waals surface area contributed by atoms with Crippen LogP contribution in [-0.2, 0) is 11.2 Å². The molecular weight excluding hydrogens is 334 g/mol. The molecule has 92 valence electrons. The Morgan fingerprint density at radius 1 is 1.59 bits per heavy atom. The lowest BCUT2D eigenvalue weighted by molar-refractivity contribution is -0.132. The first-order valence-corrected chi connectivity index (χ1v) is 6.68. The van der Waals surface area contributed by atoms with Gasteiger partial charge in [0, 0.05) is 36.0 Å². The van der Waals surface area contributed by atoms with Gasteiger partial charge in [0.2, 0.25) is 5.91 Å². The summed E-state index contributed by atoms with van der Waals surface area (Å²) in [5.74, 6) is -0.180. The first-order valence-electron chi connectivity index (χ1n) is 5.60. The smallest absolute Gasteiger partial charge is 0.245 e. The van der Waals surface area contributed by atoms with E-state index in [2.05, 4.69) is 3.53 Å². The van der Waals surface area contributed by atoms with E-state index in [1.807, 2.05) is 29.8 Å². The second-order valence-electron chi connectivity index (χ2n) is 4.05. The summed E-state index contributed by atoms with van der Waals surface area (Å²) in [4.78, 5) is 14.0. The number of benzene rings is 1. The number of carbonyl (C=O) groups excluding carboxylic acids is 1. The van der Waals surface area contributed by atoms with E-state index in [1.165, 1.54) is 12.1 Å². The van der Waals surface area contributed by atoms with Crippen molar-refractivity contribution >= 4 is 28.8 Å². The highest BCUT2D eigenvalue weighted by molar-refractivity contribution is 14.1. The third-order valence-corrected chi connectivity index (χ3v) is 3.74. The number of nitrogens with zero attached hydrogens (tertiary/aromatic N) is 1. The van der Waals surface area contributed by atoms with E-state index >= 15 is 0 Å². The topological polar surface area (TPSA) is 32.3 Å². The van der Waals surface area contributed by atoms with E-state index in [0.29, 0.717) is 19.5 Å². The van der Waals surface area contributed by atoms with Gasteiger partial charge in [0.15, 0.2) is 0 Å². The summed E-state index contributed by atoms with van der Waals surface area (Å²) < 4.78 is 16.2. The van der Waals surface area contributed by atoms with Crippen LogP contribution in [0.1, 0.15) is 24.1 Å². The van der Waals surface area contributed by atoms with Crippen LogP contribution in [0.2, 0.25) is 0 Å². The minimum absolute atomic E-state index is 0.0623. The molecular formula is C12H14FIN2O. The lowest BCUT2D eigenvalue weighted by Gasteiger charge is -2.22. The van der Waals surface area contributed by atoms with Crippen molar-refractivity contribution in [2.24, 2.45) is 0 Å². The zero-order valence-corrected chi connectivity index (χ0v) is 11.7. The Kier molecular flexibility index (Phi) is 3.98. The van der Waals surface area contributed by atoms with Gasteiger partial charge in [-0.2, -0.15) is 0 Å². The molecule has 0 saturated carbocycles. The van der Waals surface area contributed by atoms with Crippen molar-refractivity contribution in [3.05, 3.63) is 35.1 Å². The van der Waals surface area contributed by atoms with Crippen molar-refractivity contribution in [2.45, 2.75) is 19.4 Å². The first-order chi connectivity index (χ1) is 8.17. The fourth-order valence-electron chi connectivity index (χ4n) is 2.17. The van der Waals surface area contributed by atoms with Gasteiger partial charge >= 0.3 is 0 Å². The summed E-state index contributed by atoms with van der Waals surface area (Å²) in [6, 6.07) is 4.28. The molecule has 1 aromatic rings. The molecule has 1 amide bonds. The zero-order chi connectivity index (χ0) is 12.4. The van der Waals surface area contributed by atoms with Gasteiger partial charge in [-0.25, -0.2) is 7.92 Å². The van der Waals surface area contributed by atoms with E-state index in [9.17, 15) is 9.18 Å². The predicted molar refractivity (Wildman–Crippen MR) is 72.3 cm³/mol. The molecule has 17 heavy (non-hydrogen) atoms. The number of hydrogen-bond acceptors (Lipinski definition) is 2. The van der Waals surface area contributed by atoms with Crippen LogP contribution in [0.4, 0.5) is 4.39 Å². The number of amides is 1. The number of nitrogens with one attached hydrogen (secondary N) is 1. The van der Waals surface area contributed by atoms with Crippen LogP contribution >= 0.6 is 22.9 Å². The molecule has 0 spiro atoms. The van der Waals surface area contributed by atoms with Crippen molar-refractivity contribution in [3.63, 3.8) is 0 Å². The summed E-state index contributed by atoms with van der Waals surface area (Å²) in [6.07, 6.45) is 0.710. The van der Waals surface area contributed by atoms with Gasteiger partial charge in [0.1, 0.15) is 11.9 Å². The van der Waals surface area contributed by atoms with Gasteiger partial charge in [-0.05, 0) is 36.6 Å². The van der Waals surface area contributed by atoms with Crippen LogP contribution in [0.5, 0.6) is 0 Å². The Balaban J connectivity index is 2.44. The van der Waals surface area contributed by atoms with E-state index in [0.717, 1.165) is 11.1 Å². The second-order valence-corrected chi connectivity index (χ2v) is 4.68. The van der Waals surface area contributed by atoms with E-state index in [4.69, 9.17) is 0 Å². The Labute approximate surface area is 114 Å². The standard InChI is InChI=1S/C12H14FIN2O/c1-2-16-6-5-8-7-9(13)3-4-10(8)11(15-14)12(16)17/h3-4,7,11,15H,2,5-6H2,1H3/t11-/m0/s1. The molecule has 1 atom stereocenters. The maximum Gasteiger partial charge on any atom is 0.245 e. The molecule has 0 bridgehead atoms. The number of fused-ring (bicyclic) bond motifs is 1.